The highest BCUT2D eigenvalue weighted by Gasteiger charge is 2.04. The Kier molecular flexibility index (Phi) is 2.42. The van der Waals surface area contributed by atoms with Gasteiger partial charge in [0.2, 0.25) is 5.28 Å². The number of halogens is 1. The van der Waals surface area contributed by atoms with Crippen LogP contribution in [0.15, 0.2) is 42.7 Å². The maximum Gasteiger partial charge on any atom is 0.222 e. The third kappa shape index (κ3) is 1.94. The molecule has 0 spiro atoms. The molecule has 0 bridgehead atoms. The van der Waals surface area contributed by atoms with E-state index in [-0.39, 0.29) is 5.28 Å². The molecule has 2 aromatic heterocycles. The first-order valence-corrected chi connectivity index (χ1v) is 5.41. The molecule has 0 aliphatic carbocycles. The topological polar surface area (TPSA) is 51.6 Å². The normalized spacial score (nSPS) is 10.6. The predicted molar refractivity (Wildman–Crippen MR) is 65.6 cm³/mol. The molecule has 5 heteroatoms. The summed E-state index contributed by atoms with van der Waals surface area (Å²) in [7, 11) is 0. The van der Waals surface area contributed by atoms with Gasteiger partial charge in [0.25, 0.3) is 0 Å². The Hall–Kier alpha value is -2.07. The molecule has 0 atom stereocenters. The minimum atomic E-state index is 0.206. The molecular weight excluding hydrogens is 236 g/mol. The van der Waals surface area contributed by atoms with Crippen LogP contribution < -0.4 is 0 Å². The second-order valence-corrected chi connectivity index (χ2v) is 3.79. The van der Waals surface area contributed by atoms with Gasteiger partial charge in [0, 0.05) is 6.20 Å². The summed E-state index contributed by atoms with van der Waals surface area (Å²) < 4.78 is 0. The molecule has 0 saturated heterocycles. The number of hydrogen-bond donors (Lipinski definition) is 0. The molecule has 0 unspecified atom stereocenters. The van der Waals surface area contributed by atoms with Crippen molar-refractivity contribution in [3.63, 3.8) is 0 Å². The monoisotopic (exact) mass is 242 g/mol. The largest absolute Gasteiger partial charge is 0.252 e. The number of benzene rings is 1. The van der Waals surface area contributed by atoms with Gasteiger partial charge < -0.3 is 0 Å². The first kappa shape index (κ1) is 10.1. The molecule has 4 nitrogen and oxygen atoms in total. The number of aromatic nitrogens is 4. The highest BCUT2D eigenvalue weighted by Crippen LogP contribution is 2.17. The Balaban J connectivity index is 2.18. The second-order valence-electron chi connectivity index (χ2n) is 3.45. The molecule has 0 amide bonds. The molecule has 0 fully saturated rings. The minimum Gasteiger partial charge on any atom is -0.252 e. The summed E-state index contributed by atoms with van der Waals surface area (Å²) in [6.07, 6.45) is 3.28. The molecule has 0 radical (unpaired) electrons. The molecular formula is C12H7ClN4. The Morgan fingerprint density at radius 3 is 2.47 bits per heavy atom. The van der Waals surface area contributed by atoms with E-state index in [0.717, 1.165) is 11.0 Å². The van der Waals surface area contributed by atoms with Crippen LogP contribution in [0.4, 0.5) is 0 Å². The van der Waals surface area contributed by atoms with Crippen LogP contribution in [0.5, 0.6) is 0 Å². The Labute approximate surface area is 102 Å². The lowest BCUT2D eigenvalue weighted by molar-refractivity contribution is 1.15. The maximum absolute atomic E-state index is 5.74. The van der Waals surface area contributed by atoms with E-state index in [9.17, 15) is 0 Å². The summed E-state index contributed by atoms with van der Waals surface area (Å²) in [6, 6.07) is 9.43. The molecule has 2 heterocycles. The fraction of sp³-hybridized carbons (Fsp3) is 0. The first-order valence-electron chi connectivity index (χ1n) is 5.04. The lowest BCUT2D eigenvalue weighted by atomic mass is 10.2. The van der Waals surface area contributed by atoms with Crippen molar-refractivity contribution in [2.75, 3.05) is 0 Å². The van der Waals surface area contributed by atoms with E-state index in [1.54, 1.807) is 18.5 Å². The SMILES string of the molecule is Clc1nccc(-c2cnc3ccccc3n2)n1. The van der Waals surface area contributed by atoms with E-state index < -0.39 is 0 Å². The van der Waals surface area contributed by atoms with E-state index in [0.29, 0.717) is 11.4 Å². The van der Waals surface area contributed by atoms with E-state index in [1.165, 1.54) is 0 Å². The van der Waals surface area contributed by atoms with Gasteiger partial charge in [0.15, 0.2) is 0 Å². The Morgan fingerprint density at radius 1 is 0.824 bits per heavy atom. The molecule has 0 aliphatic rings. The van der Waals surface area contributed by atoms with Crippen LogP contribution in [0.3, 0.4) is 0 Å². The van der Waals surface area contributed by atoms with Crippen molar-refractivity contribution < 1.29 is 0 Å². The first-order chi connectivity index (χ1) is 8.33. The van der Waals surface area contributed by atoms with Crippen LogP contribution in [0, 0.1) is 0 Å². The van der Waals surface area contributed by atoms with Crippen molar-refractivity contribution in [2.24, 2.45) is 0 Å². The predicted octanol–water partition coefficient (Wildman–Crippen LogP) is 2.74. The highest BCUT2D eigenvalue weighted by molar-refractivity contribution is 6.28. The number of rotatable bonds is 1. The lowest BCUT2D eigenvalue weighted by Gasteiger charge is -2.01. The van der Waals surface area contributed by atoms with Gasteiger partial charge in [-0.05, 0) is 29.8 Å². The van der Waals surface area contributed by atoms with Gasteiger partial charge in [-0.1, -0.05) is 12.1 Å². The number of hydrogen-bond acceptors (Lipinski definition) is 4. The fourth-order valence-electron chi connectivity index (χ4n) is 1.56. The van der Waals surface area contributed by atoms with E-state index in [1.807, 2.05) is 24.3 Å². The Bertz CT molecular complexity index is 684. The zero-order valence-corrected chi connectivity index (χ0v) is 9.46. The smallest absolute Gasteiger partial charge is 0.222 e. The van der Waals surface area contributed by atoms with Crippen LogP contribution in [0.2, 0.25) is 5.28 Å². The molecule has 3 rings (SSSR count). The summed E-state index contributed by atoms with van der Waals surface area (Å²) in [5.74, 6) is 0. The Morgan fingerprint density at radius 2 is 1.65 bits per heavy atom. The summed E-state index contributed by atoms with van der Waals surface area (Å²) in [4.78, 5) is 16.7. The maximum atomic E-state index is 5.74. The van der Waals surface area contributed by atoms with Crippen molar-refractivity contribution in [1.82, 2.24) is 19.9 Å². The molecule has 17 heavy (non-hydrogen) atoms. The minimum absolute atomic E-state index is 0.206. The summed E-state index contributed by atoms with van der Waals surface area (Å²) in [5, 5.41) is 0.206. The zero-order valence-electron chi connectivity index (χ0n) is 8.71. The summed E-state index contributed by atoms with van der Waals surface area (Å²) in [6.45, 7) is 0. The molecule has 0 aliphatic heterocycles. The molecule has 0 saturated carbocycles. The standard InChI is InChI=1S/C12H7ClN4/c13-12-14-6-5-10(17-12)11-7-15-8-3-1-2-4-9(8)16-11/h1-7H. The number of fused-ring (bicyclic) bond motifs is 1. The van der Waals surface area contributed by atoms with Gasteiger partial charge in [0.1, 0.15) is 5.69 Å². The second kappa shape index (κ2) is 4.07. The third-order valence-corrected chi connectivity index (χ3v) is 2.52. The lowest BCUT2D eigenvalue weighted by Crippen LogP contribution is -1.91. The number of para-hydroxylation sites is 2. The van der Waals surface area contributed by atoms with Crippen LogP contribution >= 0.6 is 11.6 Å². The van der Waals surface area contributed by atoms with Crippen LogP contribution in [-0.4, -0.2) is 19.9 Å². The summed E-state index contributed by atoms with van der Waals surface area (Å²) in [5.41, 5.74) is 3.05. The van der Waals surface area contributed by atoms with Gasteiger partial charge in [-0.25, -0.2) is 15.0 Å². The fourth-order valence-corrected chi connectivity index (χ4v) is 1.71. The molecule has 3 aromatic rings. The average molecular weight is 243 g/mol. The van der Waals surface area contributed by atoms with Crippen molar-refractivity contribution in [3.05, 3.63) is 48.0 Å². The van der Waals surface area contributed by atoms with Gasteiger partial charge >= 0.3 is 0 Å². The average Bonchev–Trinajstić information content (AvgIpc) is 2.38. The molecule has 82 valence electrons. The van der Waals surface area contributed by atoms with Crippen molar-refractivity contribution >= 4 is 22.6 Å². The van der Waals surface area contributed by atoms with Crippen LogP contribution in [0.1, 0.15) is 0 Å². The number of nitrogens with zero attached hydrogens (tertiary/aromatic N) is 4. The van der Waals surface area contributed by atoms with Gasteiger partial charge in [0.05, 0.1) is 22.9 Å². The quantitative estimate of drug-likeness (QED) is 0.616. The van der Waals surface area contributed by atoms with Gasteiger partial charge in [-0.2, -0.15) is 0 Å². The zero-order chi connectivity index (χ0) is 11.7. The van der Waals surface area contributed by atoms with Gasteiger partial charge in [-0.15, -0.1) is 0 Å². The molecule has 0 N–H and O–H groups in total. The highest BCUT2D eigenvalue weighted by atomic mass is 35.5. The van der Waals surface area contributed by atoms with Crippen LogP contribution in [-0.2, 0) is 0 Å². The molecule has 1 aromatic carbocycles. The van der Waals surface area contributed by atoms with E-state index in [2.05, 4.69) is 19.9 Å². The van der Waals surface area contributed by atoms with Gasteiger partial charge in [-0.3, -0.25) is 4.98 Å². The van der Waals surface area contributed by atoms with E-state index >= 15 is 0 Å². The summed E-state index contributed by atoms with van der Waals surface area (Å²) >= 11 is 5.74. The van der Waals surface area contributed by atoms with Crippen molar-refractivity contribution in [3.8, 4) is 11.4 Å². The van der Waals surface area contributed by atoms with E-state index in [4.69, 9.17) is 11.6 Å². The van der Waals surface area contributed by atoms with Crippen LogP contribution in [0.25, 0.3) is 22.4 Å². The van der Waals surface area contributed by atoms with Crippen molar-refractivity contribution in [2.45, 2.75) is 0 Å². The van der Waals surface area contributed by atoms with Crippen molar-refractivity contribution in [1.29, 1.82) is 0 Å². The third-order valence-electron chi connectivity index (χ3n) is 2.34.